The van der Waals surface area contributed by atoms with Crippen LogP contribution in [0.15, 0.2) is 30.0 Å². The largest absolute Gasteiger partial charge is 0.489 e. The van der Waals surface area contributed by atoms with Gasteiger partial charge in [0.25, 0.3) is 0 Å². The Bertz CT molecular complexity index is 655. The van der Waals surface area contributed by atoms with Gasteiger partial charge in [-0.3, -0.25) is 9.88 Å². The molecule has 2 aromatic heterocycles. The highest BCUT2D eigenvalue weighted by atomic mass is 32.1. The second kappa shape index (κ2) is 6.19. The van der Waals surface area contributed by atoms with Gasteiger partial charge in [0.05, 0.1) is 29.6 Å². The van der Waals surface area contributed by atoms with Gasteiger partial charge >= 0.3 is 0 Å². The van der Waals surface area contributed by atoms with Crippen LogP contribution in [0.2, 0.25) is 0 Å². The number of hydrogen-bond donors (Lipinski definition) is 0. The Balaban J connectivity index is 1.33. The van der Waals surface area contributed by atoms with Gasteiger partial charge in [0.1, 0.15) is 11.9 Å². The third-order valence-electron chi connectivity index (χ3n) is 4.62. The maximum atomic E-state index is 6.10. The first-order chi connectivity index (χ1) is 11.2. The van der Waals surface area contributed by atoms with E-state index in [-0.39, 0.29) is 11.7 Å². The third-order valence-corrected chi connectivity index (χ3v) is 5.54. The Morgan fingerprint density at radius 3 is 3.13 bits per heavy atom. The molecule has 2 aliphatic heterocycles. The minimum atomic E-state index is -0.0241. The molecule has 1 spiro atoms. The topological polar surface area (TPSA) is 47.5 Å². The summed E-state index contributed by atoms with van der Waals surface area (Å²) in [4.78, 5) is 12.2. The summed E-state index contributed by atoms with van der Waals surface area (Å²) in [6.07, 6.45) is 5.68. The van der Waals surface area contributed by atoms with Crippen LogP contribution in [0.1, 0.15) is 23.4 Å². The molecule has 0 unspecified atom stereocenters. The molecule has 2 aliphatic rings. The lowest BCUT2D eigenvalue weighted by Gasteiger charge is -2.53. The minimum Gasteiger partial charge on any atom is -0.489 e. The fraction of sp³-hybridized carbons (Fsp3) is 0.529. The SMILES string of the molecule is Cc1ncsc1CN1CC2(C[C@@H](Oc3cccnc3)CCO2)C1. The predicted molar refractivity (Wildman–Crippen MR) is 88.7 cm³/mol. The lowest BCUT2D eigenvalue weighted by molar-refractivity contribution is -0.187. The van der Waals surface area contributed by atoms with Gasteiger partial charge < -0.3 is 9.47 Å². The zero-order valence-electron chi connectivity index (χ0n) is 13.3. The van der Waals surface area contributed by atoms with E-state index >= 15 is 0 Å². The van der Waals surface area contributed by atoms with Crippen LogP contribution in [-0.4, -0.2) is 46.3 Å². The Hall–Kier alpha value is -1.50. The van der Waals surface area contributed by atoms with Gasteiger partial charge in [0.2, 0.25) is 0 Å². The molecule has 1 atom stereocenters. The molecule has 4 rings (SSSR count). The summed E-state index contributed by atoms with van der Waals surface area (Å²) in [5.74, 6) is 0.853. The van der Waals surface area contributed by atoms with Crippen LogP contribution in [0.25, 0.3) is 0 Å². The highest BCUT2D eigenvalue weighted by molar-refractivity contribution is 7.09. The van der Waals surface area contributed by atoms with Crippen molar-refractivity contribution >= 4 is 11.3 Å². The standard InChI is InChI=1S/C17H21N3O2S/c1-13-16(23-12-19-13)9-20-10-17(11-20)7-14(4-6-21-17)22-15-3-2-5-18-8-15/h2-3,5,8,12,14H,4,6-7,9-11H2,1H3/t14-/m0/s1. The first kappa shape index (κ1) is 15.1. The number of hydrogen-bond acceptors (Lipinski definition) is 6. The Kier molecular flexibility index (Phi) is 4.05. The maximum absolute atomic E-state index is 6.10. The van der Waals surface area contributed by atoms with Gasteiger partial charge in [-0.05, 0) is 19.1 Å². The number of aryl methyl sites for hydroxylation is 1. The fourth-order valence-corrected chi connectivity index (χ4v) is 4.29. The average Bonchev–Trinajstić information content (AvgIpc) is 2.92. The molecule has 122 valence electrons. The van der Waals surface area contributed by atoms with Crippen LogP contribution in [0.5, 0.6) is 5.75 Å². The van der Waals surface area contributed by atoms with E-state index in [2.05, 4.69) is 21.8 Å². The molecule has 0 radical (unpaired) electrons. The zero-order chi connectivity index (χ0) is 15.7. The first-order valence-electron chi connectivity index (χ1n) is 8.04. The highest BCUT2D eigenvalue weighted by Gasteiger charge is 2.48. The van der Waals surface area contributed by atoms with Crippen molar-refractivity contribution in [3.63, 3.8) is 0 Å². The third kappa shape index (κ3) is 3.24. The van der Waals surface area contributed by atoms with Crippen molar-refractivity contribution in [3.05, 3.63) is 40.6 Å². The fourth-order valence-electron chi connectivity index (χ4n) is 3.47. The molecular weight excluding hydrogens is 310 g/mol. The Morgan fingerprint density at radius 2 is 2.39 bits per heavy atom. The number of rotatable bonds is 4. The van der Waals surface area contributed by atoms with Gasteiger partial charge in [-0.15, -0.1) is 11.3 Å². The summed E-state index contributed by atoms with van der Waals surface area (Å²) in [6.45, 7) is 5.80. The molecule has 2 fully saturated rings. The molecule has 0 aromatic carbocycles. The molecule has 4 heterocycles. The number of ether oxygens (including phenoxy) is 2. The van der Waals surface area contributed by atoms with E-state index in [1.54, 1.807) is 23.7 Å². The molecular formula is C17H21N3O2S. The molecule has 2 aromatic rings. The Labute approximate surface area is 140 Å². The van der Waals surface area contributed by atoms with Crippen molar-refractivity contribution in [2.24, 2.45) is 0 Å². The smallest absolute Gasteiger partial charge is 0.138 e. The molecule has 0 saturated carbocycles. The van der Waals surface area contributed by atoms with E-state index in [1.165, 1.54) is 4.88 Å². The van der Waals surface area contributed by atoms with E-state index in [9.17, 15) is 0 Å². The number of likely N-dealkylation sites (tertiary alicyclic amines) is 1. The normalized spacial score (nSPS) is 23.6. The minimum absolute atomic E-state index is 0.0241. The summed E-state index contributed by atoms with van der Waals surface area (Å²) in [5, 5.41) is 0. The van der Waals surface area contributed by atoms with Crippen LogP contribution in [0, 0.1) is 6.92 Å². The van der Waals surface area contributed by atoms with E-state index in [0.29, 0.717) is 0 Å². The predicted octanol–water partition coefficient (Wildman–Crippen LogP) is 2.66. The monoisotopic (exact) mass is 331 g/mol. The van der Waals surface area contributed by atoms with Crippen molar-refractivity contribution in [2.45, 2.75) is 38.0 Å². The average molecular weight is 331 g/mol. The van der Waals surface area contributed by atoms with E-state index in [4.69, 9.17) is 9.47 Å². The van der Waals surface area contributed by atoms with Crippen LogP contribution < -0.4 is 4.74 Å². The van der Waals surface area contributed by atoms with E-state index in [0.717, 1.165) is 50.5 Å². The molecule has 6 heteroatoms. The van der Waals surface area contributed by atoms with Crippen LogP contribution in [0.3, 0.4) is 0 Å². The number of aromatic nitrogens is 2. The molecule has 5 nitrogen and oxygen atoms in total. The van der Waals surface area contributed by atoms with Crippen LogP contribution in [0.4, 0.5) is 0 Å². The summed E-state index contributed by atoms with van der Waals surface area (Å²) >= 11 is 1.74. The van der Waals surface area contributed by atoms with Crippen molar-refractivity contribution < 1.29 is 9.47 Å². The van der Waals surface area contributed by atoms with Gasteiger partial charge in [-0.1, -0.05) is 0 Å². The first-order valence-corrected chi connectivity index (χ1v) is 8.92. The van der Waals surface area contributed by atoms with Gasteiger partial charge in [0, 0.05) is 43.5 Å². The van der Waals surface area contributed by atoms with Gasteiger partial charge in [-0.2, -0.15) is 0 Å². The summed E-state index contributed by atoms with van der Waals surface area (Å²) in [6, 6.07) is 3.88. The number of thiazole rings is 1. The van der Waals surface area contributed by atoms with Crippen LogP contribution >= 0.6 is 11.3 Å². The second-order valence-corrected chi connectivity index (χ2v) is 7.40. The molecule has 0 aliphatic carbocycles. The van der Waals surface area contributed by atoms with Crippen LogP contribution in [-0.2, 0) is 11.3 Å². The van der Waals surface area contributed by atoms with Crippen molar-refractivity contribution in [1.29, 1.82) is 0 Å². The van der Waals surface area contributed by atoms with E-state index < -0.39 is 0 Å². The zero-order valence-corrected chi connectivity index (χ0v) is 14.1. The van der Waals surface area contributed by atoms with Crippen molar-refractivity contribution in [2.75, 3.05) is 19.7 Å². The molecule has 0 bridgehead atoms. The highest BCUT2D eigenvalue weighted by Crippen LogP contribution is 2.36. The Morgan fingerprint density at radius 1 is 1.48 bits per heavy atom. The second-order valence-electron chi connectivity index (χ2n) is 6.46. The molecule has 0 N–H and O–H groups in total. The van der Waals surface area contributed by atoms with Gasteiger partial charge in [0.15, 0.2) is 0 Å². The van der Waals surface area contributed by atoms with E-state index in [1.807, 2.05) is 17.6 Å². The number of nitrogens with zero attached hydrogens (tertiary/aromatic N) is 3. The summed E-state index contributed by atoms with van der Waals surface area (Å²) in [5.41, 5.74) is 3.05. The number of pyridine rings is 1. The molecule has 0 amide bonds. The van der Waals surface area contributed by atoms with Gasteiger partial charge in [-0.25, -0.2) is 4.98 Å². The summed E-state index contributed by atoms with van der Waals surface area (Å²) < 4.78 is 12.2. The lowest BCUT2D eigenvalue weighted by atomic mass is 9.84. The lowest BCUT2D eigenvalue weighted by Crippen LogP contribution is -2.65. The summed E-state index contributed by atoms with van der Waals surface area (Å²) in [7, 11) is 0. The van der Waals surface area contributed by atoms with Crippen molar-refractivity contribution in [3.8, 4) is 5.75 Å². The molecule has 2 saturated heterocycles. The quantitative estimate of drug-likeness (QED) is 0.862. The maximum Gasteiger partial charge on any atom is 0.138 e. The van der Waals surface area contributed by atoms with Crippen molar-refractivity contribution in [1.82, 2.24) is 14.9 Å². The molecule has 23 heavy (non-hydrogen) atoms.